The first-order valence-corrected chi connectivity index (χ1v) is 10.8. The maximum absolute atomic E-state index is 13.4. The molecule has 1 saturated heterocycles. The van der Waals surface area contributed by atoms with Crippen molar-refractivity contribution < 1.29 is 23.8 Å². The number of fused-ring (bicyclic) bond motifs is 1. The van der Waals surface area contributed by atoms with E-state index in [0.717, 1.165) is 55.6 Å². The number of nitrogens with zero attached hydrogens (tertiary/aromatic N) is 1. The van der Waals surface area contributed by atoms with E-state index in [1.54, 1.807) is 4.90 Å². The van der Waals surface area contributed by atoms with Crippen LogP contribution < -0.4 is 14.8 Å². The van der Waals surface area contributed by atoms with E-state index in [2.05, 4.69) is 5.32 Å². The van der Waals surface area contributed by atoms with Gasteiger partial charge in [-0.25, -0.2) is 4.79 Å². The van der Waals surface area contributed by atoms with Crippen LogP contribution in [0.1, 0.15) is 51.0 Å². The molecule has 0 aromatic heterocycles. The predicted molar refractivity (Wildman–Crippen MR) is 107 cm³/mol. The molecule has 7 nitrogen and oxygen atoms in total. The van der Waals surface area contributed by atoms with Gasteiger partial charge in [0.1, 0.15) is 13.2 Å². The van der Waals surface area contributed by atoms with Gasteiger partial charge in [0, 0.05) is 19.1 Å². The maximum atomic E-state index is 13.4. The quantitative estimate of drug-likeness (QED) is 0.838. The third-order valence-electron chi connectivity index (χ3n) is 6.34. The zero-order valence-electron chi connectivity index (χ0n) is 17.1. The van der Waals surface area contributed by atoms with Gasteiger partial charge in [-0.15, -0.1) is 0 Å². The smallest absolute Gasteiger partial charge is 0.409 e. The number of nitrogens with one attached hydrogen (secondary N) is 1. The number of hydrogen-bond acceptors (Lipinski definition) is 5. The Morgan fingerprint density at radius 1 is 1.14 bits per heavy atom. The number of carbonyl (C=O) groups is 2. The molecule has 2 amide bonds. The van der Waals surface area contributed by atoms with E-state index in [9.17, 15) is 9.59 Å². The first-order chi connectivity index (χ1) is 14.1. The number of benzene rings is 1. The number of amides is 2. The SMILES string of the molecule is CCOC(=O)N1CCC(NC(=O)C2(c3ccc4c(c3)OCCO4)CCCC2)CC1. The predicted octanol–water partition coefficient (Wildman–Crippen LogP) is 3.01. The fourth-order valence-electron chi connectivity index (χ4n) is 4.71. The summed E-state index contributed by atoms with van der Waals surface area (Å²) in [7, 11) is 0. The fourth-order valence-corrected chi connectivity index (χ4v) is 4.71. The molecule has 2 aliphatic heterocycles. The van der Waals surface area contributed by atoms with Crippen LogP contribution in [0.2, 0.25) is 0 Å². The second-order valence-corrected chi connectivity index (χ2v) is 8.08. The van der Waals surface area contributed by atoms with Crippen LogP contribution in [0.15, 0.2) is 18.2 Å². The van der Waals surface area contributed by atoms with E-state index in [-0.39, 0.29) is 18.0 Å². The topological polar surface area (TPSA) is 77.1 Å². The van der Waals surface area contributed by atoms with E-state index < -0.39 is 5.41 Å². The second kappa shape index (κ2) is 8.51. The molecule has 158 valence electrons. The summed E-state index contributed by atoms with van der Waals surface area (Å²) in [5, 5.41) is 3.28. The van der Waals surface area contributed by atoms with Crippen LogP contribution in [0, 0.1) is 0 Å². The van der Waals surface area contributed by atoms with E-state index in [0.29, 0.717) is 32.9 Å². The molecule has 0 unspecified atom stereocenters. The lowest BCUT2D eigenvalue weighted by atomic mass is 9.77. The molecule has 1 aromatic rings. The Kier molecular flexibility index (Phi) is 5.83. The standard InChI is InChI=1S/C22H30N2O5/c1-2-27-21(26)24-11-7-17(8-12-24)23-20(25)22(9-3-4-10-22)16-5-6-18-19(15-16)29-14-13-28-18/h5-6,15,17H,2-4,7-14H2,1H3,(H,23,25). The highest BCUT2D eigenvalue weighted by molar-refractivity contribution is 5.89. The van der Waals surface area contributed by atoms with Crippen molar-refractivity contribution in [1.82, 2.24) is 10.2 Å². The molecular weight excluding hydrogens is 372 g/mol. The summed E-state index contributed by atoms with van der Waals surface area (Å²) in [6, 6.07) is 6.02. The van der Waals surface area contributed by atoms with Crippen LogP contribution >= 0.6 is 0 Å². The first kappa shape index (κ1) is 19.9. The second-order valence-electron chi connectivity index (χ2n) is 8.08. The zero-order chi connectivity index (χ0) is 20.3. The summed E-state index contributed by atoms with van der Waals surface area (Å²) in [5.74, 6) is 1.58. The molecule has 2 fully saturated rings. The lowest BCUT2D eigenvalue weighted by molar-refractivity contribution is -0.127. The Bertz CT molecular complexity index is 752. The number of piperidine rings is 1. The van der Waals surface area contributed by atoms with Gasteiger partial charge in [0.25, 0.3) is 0 Å². The minimum atomic E-state index is -0.506. The third-order valence-corrected chi connectivity index (χ3v) is 6.34. The number of carbonyl (C=O) groups excluding carboxylic acids is 2. The largest absolute Gasteiger partial charge is 0.486 e. The van der Waals surface area contributed by atoms with Crippen LogP contribution in [-0.2, 0) is 14.9 Å². The normalized spacial score (nSPS) is 20.9. The van der Waals surface area contributed by atoms with Crippen molar-refractivity contribution >= 4 is 12.0 Å². The molecule has 0 bridgehead atoms. The van der Waals surface area contributed by atoms with Crippen molar-refractivity contribution in [3.63, 3.8) is 0 Å². The summed E-state index contributed by atoms with van der Waals surface area (Å²) < 4.78 is 16.5. The van der Waals surface area contributed by atoms with Gasteiger partial charge in [-0.1, -0.05) is 18.9 Å². The minimum Gasteiger partial charge on any atom is -0.486 e. The minimum absolute atomic E-state index is 0.0860. The van der Waals surface area contributed by atoms with E-state index in [1.165, 1.54) is 0 Å². The monoisotopic (exact) mass is 402 g/mol. The molecule has 1 aliphatic carbocycles. The van der Waals surface area contributed by atoms with Crippen molar-refractivity contribution in [2.75, 3.05) is 32.9 Å². The molecule has 1 aromatic carbocycles. The van der Waals surface area contributed by atoms with Gasteiger partial charge >= 0.3 is 6.09 Å². The molecule has 3 aliphatic rings. The zero-order valence-corrected chi connectivity index (χ0v) is 17.1. The summed E-state index contributed by atoms with van der Waals surface area (Å²) in [4.78, 5) is 27.0. The maximum Gasteiger partial charge on any atom is 0.409 e. The summed E-state index contributed by atoms with van der Waals surface area (Å²) in [6.45, 7) is 4.51. The number of hydrogen-bond donors (Lipinski definition) is 1. The number of likely N-dealkylation sites (tertiary alicyclic amines) is 1. The third kappa shape index (κ3) is 4.00. The lowest BCUT2D eigenvalue weighted by Crippen LogP contribution is -2.51. The van der Waals surface area contributed by atoms with Crippen LogP contribution in [0.25, 0.3) is 0 Å². The van der Waals surface area contributed by atoms with Gasteiger partial charge in [0.05, 0.1) is 12.0 Å². The van der Waals surface area contributed by atoms with Gasteiger partial charge in [-0.3, -0.25) is 4.79 Å². The Morgan fingerprint density at radius 3 is 2.52 bits per heavy atom. The molecule has 4 rings (SSSR count). The molecule has 0 spiro atoms. The van der Waals surface area contributed by atoms with Crippen LogP contribution in [0.4, 0.5) is 4.79 Å². The van der Waals surface area contributed by atoms with E-state index >= 15 is 0 Å². The van der Waals surface area contributed by atoms with Crippen molar-refractivity contribution in [2.24, 2.45) is 0 Å². The average Bonchev–Trinajstić information content (AvgIpc) is 3.25. The van der Waals surface area contributed by atoms with Crippen LogP contribution in [0.3, 0.4) is 0 Å². The van der Waals surface area contributed by atoms with Gasteiger partial charge in [-0.05, 0) is 50.3 Å². The van der Waals surface area contributed by atoms with Crippen LogP contribution in [0.5, 0.6) is 11.5 Å². The van der Waals surface area contributed by atoms with E-state index in [1.807, 2.05) is 25.1 Å². The Hall–Kier alpha value is -2.44. The molecule has 0 radical (unpaired) electrons. The molecule has 7 heteroatoms. The highest BCUT2D eigenvalue weighted by Crippen LogP contribution is 2.44. The number of ether oxygens (including phenoxy) is 3. The van der Waals surface area contributed by atoms with Gasteiger partial charge < -0.3 is 24.4 Å². The van der Waals surface area contributed by atoms with E-state index in [4.69, 9.17) is 14.2 Å². The van der Waals surface area contributed by atoms with Crippen LogP contribution in [-0.4, -0.2) is 55.9 Å². The number of rotatable bonds is 4. The molecule has 1 saturated carbocycles. The molecular formula is C22H30N2O5. The first-order valence-electron chi connectivity index (χ1n) is 10.8. The Balaban J connectivity index is 1.44. The van der Waals surface area contributed by atoms with Gasteiger partial charge in [0.15, 0.2) is 11.5 Å². The Labute approximate surface area is 171 Å². The molecule has 2 heterocycles. The lowest BCUT2D eigenvalue weighted by Gasteiger charge is -2.35. The highest BCUT2D eigenvalue weighted by atomic mass is 16.6. The fraction of sp³-hybridized carbons (Fsp3) is 0.636. The Morgan fingerprint density at radius 2 is 1.83 bits per heavy atom. The van der Waals surface area contributed by atoms with Gasteiger partial charge in [0.2, 0.25) is 5.91 Å². The van der Waals surface area contributed by atoms with Crippen molar-refractivity contribution in [3.05, 3.63) is 23.8 Å². The van der Waals surface area contributed by atoms with Gasteiger partial charge in [-0.2, -0.15) is 0 Å². The summed E-state index contributed by atoms with van der Waals surface area (Å²) in [5.41, 5.74) is 0.509. The van der Waals surface area contributed by atoms with Crippen molar-refractivity contribution in [1.29, 1.82) is 0 Å². The molecule has 0 atom stereocenters. The summed E-state index contributed by atoms with van der Waals surface area (Å²) in [6.07, 6.45) is 5.02. The average molecular weight is 402 g/mol. The molecule has 29 heavy (non-hydrogen) atoms. The molecule has 1 N–H and O–H groups in total. The highest BCUT2D eigenvalue weighted by Gasteiger charge is 2.44. The van der Waals surface area contributed by atoms with Crippen molar-refractivity contribution in [2.45, 2.75) is 56.9 Å². The summed E-state index contributed by atoms with van der Waals surface area (Å²) >= 11 is 0. The van der Waals surface area contributed by atoms with Crippen molar-refractivity contribution in [3.8, 4) is 11.5 Å².